The first-order chi connectivity index (χ1) is 9.04. The normalized spacial score (nSPS) is 12.7. The van der Waals surface area contributed by atoms with Gasteiger partial charge >= 0.3 is 0 Å². The highest BCUT2D eigenvalue weighted by Gasteiger charge is 2.23. The van der Waals surface area contributed by atoms with Crippen LogP contribution < -0.4 is 5.32 Å². The third-order valence-electron chi connectivity index (χ3n) is 3.04. The van der Waals surface area contributed by atoms with Crippen molar-refractivity contribution in [3.05, 3.63) is 56.8 Å². The molecule has 2 rings (SSSR count). The maximum absolute atomic E-state index is 14.0. The number of aryl methyl sites for hydroxylation is 2. The Hall–Kier alpha value is -1.26. The molecule has 0 spiro atoms. The largest absolute Gasteiger partial charge is 0.306 e. The molecule has 0 fully saturated rings. The Labute approximate surface area is 116 Å². The van der Waals surface area contributed by atoms with Gasteiger partial charge in [-0.05, 0) is 44.2 Å². The Morgan fingerprint density at radius 3 is 2.32 bits per heavy atom. The lowest BCUT2D eigenvalue weighted by Gasteiger charge is -2.19. The van der Waals surface area contributed by atoms with Crippen molar-refractivity contribution in [1.29, 1.82) is 0 Å². The van der Waals surface area contributed by atoms with E-state index >= 15 is 0 Å². The molecular formula is C15H17F2NS. The van der Waals surface area contributed by atoms with Crippen molar-refractivity contribution in [3.63, 3.8) is 0 Å². The molecule has 0 aliphatic carbocycles. The van der Waals surface area contributed by atoms with E-state index in [-0.39, 0.29) is 5.56 Å². The van der Waals surface area contributed by atoms with E-state index in [1.807, 2.05) is 26.8 Å². The fourth-order valence-electron chi connectivity index (χ4n) is 2.26. The van der Waals surface area contributed by atoms with Gasteiger partial charge < -0.3 is 5.32 Å². The first-order valence-electron chi connectivity index (χ1n) is 6.28. The quantitative estimate of drug-likeness (QED) is 0.879. The van der Waals surface area contributed by atoms with E-state index in [4.69, 9.17) is 0 Å². The maximum atomic E-state index is 14.0. The van der Waals surface area contributed by atoms with Gasteiger partial charge in [0.05, 0.1) is 6.04 Å². The van der Waals surface area contributed by atoms with Crippen molar-refractivity contribution in [2.45, 2.75) is 26.8 Å². The zero-order valence-electron chi connectivity index (χ0n) is 11.3. The predicted molar refractivity (Wildman–Crippen MR) is 75.7 cm³/mol. The molecule has 0 saturated heterocycles. The molecule has 4 heteroatoms. The Balaban J connectivity index is 2.54. The predicted octanol–water partition coefficient (Wildman–Crippen LogP) is 4.34. The van der Waals surface area contributed by atoms with Crippen molar-refractivity contribution in [3.8, 4) is 0 Å². The maximum Gasteiger partial charge on any atom is 0.131 e. The molecule has 1 aromatic heterocycles. The summed E-state index contributed by atoms with van der Waals surface area (Å²) in [6.07, 6.45) is 0. The molecule has 0 aliphatic rings. The Bertz CT molecular complexity index is 557. The zero-order chi connectivity index (χ0) is 14.0. The van der Waals surface area contributed by atoms with Crippen molar-refractivity contribution in [2.75, 3.05) is 6.54 Å². The summed E-state index contributed by atoms with van der Waals surface area (Å²) in [7, 11) is 0. The number of hydrogen-bond donors (Lipinski definition) is 1. The molecule has 0 saturated carbocycles. The standard InChI is InChI=1S/C15H17F2NS/c1-4-18-14(15-9(2)8-10(3)19-15)13-11(16)6-5-7-12(13)17/h5-8,14,18H,4H2,1-3H3. The number of thiophene rings is 1. The van der Waals surface area contributed by atoms with Gasteiger partial charge in [-0.2, -0.15) is 0 Å². The van der Waals surface area contributed by atoms with Gasteiger partial charge in [-0.25, -0.2) is 8.78 Å². The van der Waals surface area contributed by atoms with Crippen LogP contribution >= 0.6 is 11.3 Å². The lowest BCUT2D eigenvalue weighted by atomic mass is 10.0. The number of hydrogen-bond acceptors (Lipinski definition) is 2. The average molecular weight is 281 g/mol. The Morgan fingerprint density at radius 2 is 1.84 bits per heavy atom. The molecule has 0 aliphatic heterocycles. The second-order valence-corrected chi connectivity index (χ2v) is 5.82. The molecule has 19 heavy (non-hydrogen) atoms. The van der Waals surface area contributed by atoms with Gasteiger partial charge in [0.2, 0.25) is 0 Å². The molecule has 1 unspecified atom stereocenters. The van der Waals surface area contributed by atoms with E-state index in [9.17, 15) is 8.78 Å². The van der Waals surface area contributed by atoms with E-state index < -0.39 is 17.7 Å². The topological polar surface area (TPSA) is 12.0 Å². The summed E-state index contributed by atoms with van der Waals surface area (Å²) in [4.78, 5) is 2.12. The minimum Gasteiger partial charge on any atom is -0.306 e. The van der Waals surface area contributed by atoms with Crippen LogP contribution in [0.5, 0.6) is 0 Å². The minimum atomic E-state index is -0.503. The van der Waals surface area contributed by atoms with E-state index in [2.05, 4.69) is 5.32 Å². The smallest absolute Gasteiger partial charge is 0.131 e. The van der Waals surface area contributed by atoms with Gasteiger partial charge in [0, 0.05) is 15.3 Å². The molecule has 102 valence electrons. The van der Waals surface area contributed by atoms with Crippen LogP contribution in [-0.2, 0) is 0 Å². The third kappa shape index (κ3) is 2.85. The summed E-state index contributed by atoms with van der Waals surface area (Å²) >= 11 is 1.58. The van der Waals surface area contributed by atoms with E-state index in [1.54, 1.807) is 11.3 Å². The molecule has 1 N–H and O–H groups in total. The first kappa shape index (κ1) is 14.2. The van der Waals surface area contributed by atoms with Crippen molar-refractivity contribution in [1.82, 2.24) is 5.32 Å². The fourth-order valence-corrected chi connectivity index (χ4v) is 3.38. The van der Waals surface area contributed by atoms with Crippen LogP contribution in [-0.4, -0.2) is 6.54 Å². The second kappa shape index (κ2) is 5.80. The number of benzene rings is 1. The van der Waals surface area contributed by atoms with Crippen molar-refractivity contribution >= 4 is 11.3 Å². The highest BCUT2D eigenvalue weighted by Crippen LogP contribution is 2.34. The van der Waals surface area contributed by atoms with E-state index in [1.165, 1.54) is 18.2 Å². The van der Waals surface area contributed by atoms with E-state index in [0.717, 1.165) is 15.3 Å². The van der Waals surface area contributed by atoms with E-state index in [0.29, 0.717) is 6.54 Å². The summed E-state index contributed by atoms with van der Waals surface area (Å²) in [6, 6.07) is 5.62. The summed E-state index contributed by atoms with van der Waals surface area (Å²) < 4.78 is 27.9. The lowest BCUT2D eigenvalue weighted by molar-refractivity contribution is 0.513. The van der Waals surface area contributed by atoms with Crippen LogP contribution in [0, 0.1) is 25.5 Å². The molecule has 1 heterocycles. The first-order valence-corrected chi connectivity index (χ1v) is 7.10. The average Bonchev–Trinajstić information content (AvgIpc) is 2.67. The summed E-state index contributed by atoms with van der Waals surface area (Å²) in [5, 5.41) is 3.18. The molecular weight excluding hydrogens is 264 g/mol. The molecule has 1 atom stereocenters. The Kier molecular flexibility index (Phi) is 4.32. The summed E-state index contributed by atoms with van der Waals surface area (Å²) in [5.74, 6) is -1.01. The monoisotopic (exact) mass is 281 g/mol. The number of rotatable bonds is 4. The SMILES string of the molecule is CCNC(c1sc(C)cc1C)c1c(F)cccc1F. The molecule has 0 amide bonds. The van der Waals surface area contributed by atoms with Crippen LogP contribution in [0.25, 0.3) is 0 Å². The number of nitrogens with one attached hydrogen (secondary N) is 1. The van der Waals surface area contributed by atoms with Crippen LogP contribution in [0.15, 0.2) is 24.3 Å². The van der Waals surface area contributed by atoms with Crippen LogP contribution in [0.2, 0.25) is 0 Å². The molecule has 1 nitrogen and oxygen atoms in total. The zero-order valence-corrected chi connectivity index (χ0v) is 12.1. The van der Waals surface area contributed by atoms with Gasteiger partial charge in [-0.3, -0.25) is 0 Å². The molecule has 2 aromatic rings. The van der Waals surface area contributed by atoms with Crippen molar-refractivity contribution < 1.29 is 8.78 Å². The fraction of sp³-hybridized carbons (Fsp3) is 0.333. The summed E-state index contributed by atoms with van der Waals surface area (Å²) in [6.45, 7) is 6.56. The van der Waals surface area contributed by atoms with Crippen LogP contribution in [0.4, 0.5) is 8.78 Å². The molecule has 0 radical (unpaired) electrons. The molecule has 0 bridgehead atoms. The van der Waals surface area contributed by atoms with Crippen molar-refractivity contribution in [2.24, 2.45) is 0 Å². The third-order valence-corrected chi connectivity index (χ3v) is 4.26. The Morgan fingerprint density at radius 1 is 1.21 bits per heavy atom. The van der Waals surface area contributed by atoms with Crippen LogP contribution in [0.3, 0.4) is 0 Å². The number of halogens is 2. The van der Waals surface area contributed by atoms with Gasteiger partial charge in [0.1, 0.15) is 11.6 Å². The highest BCUT2D eigenvalue weighted by atomic mass is 32.1. The highest BCUT2D eigenvalue weighted by molar-refractivity contribution is 7.12. The van der Waals surface area contributed by atoms with Gasteiger partial charge in [0.15, 0.2) is 0 Å². The van der Waals surface area contributed by atoms with Gasteiger partial charge in [-0.1, -0.05) is 13.0 Å². The second-order valence-electron chi connectivity index (χ2n) is 4.53. The lowest BCUT2D eigenvalue weighted by Crippen LogP contribution is -2.24. The van der Waals surface area contributed by atoms with Gasteiger partial charge in [-0.15, -0.1) is 11.3 Å². The van der Waals surface area contributed by atoms with Gasteiger partial charge in [0.25, 0.3) is 0 Å². The molecule has 1 aromatic carbocycles. The van der Waals surface area contributed by atoms with Crippen LogP contribution in [0.1, 0.15) is 33.8 Å². The summed E-state index contributed by atoms with van der Waals surface area (Å²) in [5.41, 5.74) is 1.17. The minimum absolute atomic E-state index is 0.106.